The lowest BCUT2D eigenvalue weighted by molar-refractivity contribution is 0.0265. The van der Waals surface area contributed by atoms with Gasteiger partial charge in [0.15, 0.2) is 0 Å². The molecular weight excluding hydrogens is 394 g/mol. The Hall–Kier alpha value is -2.71. The summed E-state index contributed by atoms with van der Waals surface area (Å²) in [6.45, 7) is 5.63. The van der Waals surface area contributed by atoms with Crippen LogP contribution in [0, 0.1) is 6.92 Å². The van der Waals surface area contributed by atoms with Crippen molar-refractivity contribution in [2.45, 2.75) is 25.7 Å². The quantitative estimate of drug-likeness (QED) is 0.458. The molecule has 7 nitrogen and oxygen atoms in total. The Balaban J connectivity index is 2.01. The first kappa shape index (κ1) is 22.6. The molecule has 0 aliphatic heterocycles. The summed E-state index contributed by atoms with van der Waals surface area (Å²) in [4.78, 5) is 24.3. The monoisotopic (exact) mass is 419 g/mol. The number of hydrogen-bond acceptors (Lipinski definition) is 6. The molecule has 0 spiro atoms. The fraction of sp³-hybridized carbons (Fsp3) is 0.333. The average Bonchev–Trinajstić information content (AvgIpc) is 2.72. The molecule has 0 saturated carbocycles. The van der Waals surface area contributed by atoms with Gasteiger partial charge in [0.1, 0.15) is 13.2 Å². The number of hydrogen-bond donors (Lipinski definition) is 0. The molecule has 0 atom stereocenters. The van der Waals surface area contributed by atoms with Crippen molar-refractivity contribution >= 4 is 22.0 Å². The molecule has 2 rings (SSSR count). The highest BCUT2D eigenvalue weighted by atomic mass is 32.2. The summed E-state index contributed by atoms with van der Waals surface area (Å²) < 4.78 is 36.9. The number of carbonyl (C=O) groups excluding carboxylic acids is 2. The summed E-state index contributed by atoms with van der Waals surface area (Å²) in [7, 11) is -3.68. The minimum absolute atomic E-state index is 0.0363. The van der Waals surface area contributed by atoms with Gasteiger partial charge in [0.2, 0.25) is 10.0 Å². The lowest BCUT2D eigenvalue weighted by Crippen LogP contribution is -2.30. The van der Waals surface area contributed by atoms with Crippen molar-refractivity contribution in [3.8, 4) is 0 Å². The molecule has 0 aliphatic carbocycles. The maximum absolute atomic E-state index is 12.7. The molecule has 0 aromatic heterocycles. The van der Waals surface area contributed by atoms with Crippen LogP contribution in [0.25, 0.3) is 0 Å². The van der Waals surface area contributed by atoms with Gasteiger partial charge in [-0.25, -0.2) is 18.0 Å². The Labute approximate surface area is 171 Å². The highest BCUT2D eigenvalue weighted by Crippen LogP contribution is 2.20. The number of aryl methyl sites for hydroxylation is 1. The van der Waals surface area contributed by atoms with Crippen molar-refractivity contribution in [1.29, 1.82) is 0 Å². The number of rotatable bonds is 9. The summed E-state index contributed by atoms with van der Waals surface area (Å²) in [5, 5.41) is 0. The number of nitrogens with zero attached hydrogens (tertiary/aromatic N) is 1. The van der Waals surface area contributed by atoms with Crippen LogP contribution in [0.1, 0.15) is 40.1 Å². The van der Waals surface area contributed by atoms with Crippen LogP contribution in [0.3, 0.4) is 0 Å². The molecular formula is C21H25NO6S. The highest BCUT2D eigenvalue weighted by Gasteiger charge is 2.23. The second kappa shape index (κ2) is 10.2. The van der Waals surface area contributed by atoms with Crippen LogP contribution in [0.4, 0.5) is 0 Å². The molecule has 0 N–H and O–H groups in total. The van der Waals surface area contributed by atoms with Crippen LogP contribution in [-0.4, -0.2) is 51.0 Å². The highest BCUT2D eigenvalue weighted by molar-refractivity contribution is 7.89. The van der Waals surface area contributed by atoms with Crippen LogP contribution in [-0.2, 0) is 19.5 Å². The van der Waals surface area contributed by atoms with E-state index in [0.29, 0.717) is 24.2 Å². The molecule has 0 radical (unpaired) electrons. The van der Waals surface area contributed by atoms with E-state index in [1.165, 1.54) is 16.4 Å². The van der Waals surface area contributed by atoms with Gasteiger partial charge in [-0.15, -0.1) is 0 Å². The van der Waals surface area contributed by atoms with Crippen LogP contribution in [0.5, 0.6) is 0 Å². The van der Waals surface area contributed by atoms with E-state index in [1.54, 1.807) is 57.2 Å². The van der Waals surface area contributed by atoms with E-state index in [2.05, 4.69) is 0 Å². The molecule has 0 heterocycles. The standard InChI is InChI=1S/C21H25NO6S/c1-4-22(5-2)29(25,26)18-12-11-16(3)19(15-18)21(24)28-14-13-27-20(23)17-9-7-6-8-10-17/h6-12,15H,4-5,13-14H2,1-3H3. The predicted molar refractivity (Wildman–Crippen MR) is 108 cm³/mol. The Morgan fingerprint density at radius 2 is 1.48 bits per heavy atom. The third-order valence-electron chi connectivity index (χ3n) is 4.33. The van der Waals surface area contributed by atoms with Gasteiger partial charge in [-0.05, 0) is 36.8 Å². The van der Waals surface area contributed by atoms with Gasteiger partial charge in [-0.2, -0.15) is 4.31 Å². The summed E-state index contributed by atoms with van der Waals surface area (Å²) in [5.41, 5.74) is 1.16. The Morgan fingerprint density at radius 3 is 2.07 bits per heavy atom. The third-order valence-corrected chi connectivity index (χ3v) is 6.38. The summed E-state index contributed by atoms with van der Waals surface area (Å²) in [6.07, 6.45) is 0. The number of sulfonamides is 1. The number of ether oxygens (including phenoxy) is 2. The largest absolute Gasteiger partial charge is 0.458 e. The molecule has 0 bridgehead atoms. The molecule has 0 unspecified atom stereocenters. The van der Waals surface area contributed by atoms with Gasteiger partial charge in [0.05, 0.1) is 16.0 Å². The van der Waals surface area contributed by atoms with Crippen molar-refractivity contribution in [2.75, 3.05) is 26.3 Å². The molecule has 8 heteroatoms. The van der Waals surface area contributed by atoms with Crippen molar-refractivity contribution in [3.63, 3.8) is 0 Å². The summed E-state index contributed by atoms with van der Waals surface area (Å²) in [6, 6.07) is 12.8. The van der Waals surface area contributed by atoms with E-state index in [9.17, 15) is 18.0 Å². The SMILES string of the molecule is CCN(CC)S(=O)(=O)c1ccc(C)c(C(=O)OCCOC(=O)c2ccccc2)c1. The smallest absolute Gasteiger partial charge is 0.338 e. The van der Waals surface area contributed by atoms with Crippen LogP contribution in [0.2, 0.25) is 0 Å². The van der Waals surface area contributed by atoms with E-state index in [4.69, 9.17) is 9.47 Å². The lowest BCUT2D eigenvalue weighted by atomic mass is 10.1. The summed E-state index contributed by atoms with van der Waals surface area (Å²) >= 11 is 0. The first-order chi connectivity index (χ1) is 13.8. The zero-order valence-electron chi connectivity index (χ0n) is 16.8. The first-order valence-corrected chi connectivity index (χ1v) is 10.7. The zero-order chi connectivity index (χ0) is 21.4. The minimum atomic E-state index is -3.68. The van der Waals surface area contributed by atoms with Gasteiger partial charge < -0.3 is 9.47 Å². The molecule has 2 aromatic rings. The van der Waals surface area contributed by atoms with Gasteiger partial charge in [0.25, 0.3) is 0 Å². The van der Waals surface area contributed by atoms with E-state index < -0.39 is 22.0 Å². The van der Waals surface area contributed by atoms with E-state index in [0.717, 1.165) is 0 Å². The molecule has 0 aliphatic rings. The fourth-order valence-corrected chi connectivity index (χ4v) is 4.18. The maximum Gasteiger partial charge on any atom is 0.338 e. The van der Waals surface area contributed by atoms with Gasteiger partial charge >= 0.3 is 11.9 Å². The first-order valence-electron chi connectivity index (χ1n) is 9.31. The Kier molecular flexibility index (Phi) is 7.92. The van der Waals surface area contributed by atoms with Crippen LogP contribution in [0.15, 0.2) is 53.4 Å². The molecule has 29 heavy (non-hydrogen) atoms. The van der Waals surface area contributed by atoms with E-state index >= 15 is 0 Å². The molecule has 2 aromatic carbocycles. The Bertz CT molecular complexity index is 952. The summed E-state index contributed by atoms with van der Waals surface area (Å²) in [5.74, 6) is -1.18. The van der Waals surface area contributed by atoms with Crippen molar-refractivity contribution < 1.29 is 27.5 Å². The number of esters is 2. The van der Waals surface area contributed by atoms with E-state index in [1.807, 2.05) is 0 Å². The minimum Gasteiger partial charge on any atom is -0.458 e. The second-order valence-corrected chi connectivity index (χ2v) is 8.14. The fourth-order valence-electron chi connectivity index (χ4n) is 2.70. The zero-order valence-corrected chi connectivity index (χ0v) is 17.6. The van der Waals surface area contributed by atoms with Crippen molar-refractivity contribution in [1.82, 2.24) is 4.31 Å². The molecule has 156 valence electrons. The van der Waals surface area contributed by atoms with Crippen LogP contribution < -0.4 is 0 Å². The lowest BCUT2D eigenvalue weighted by Gasteiger charge is -2.19. The van der Waals surface area contributed by atoms with Crippen molar-refractivity contribution in [2.24, 2.45) is 0 Å². The van der Waals surface area contributed by atoms with Gasteiger partial charge in [0, 0.05) is 13.1 Å². The molecule has 0 fully saturated rings. The van der Waals surface area contributed by atoms with E-state index in [-0.39, 0.29) is 23.7 Å². The maximum atomic E-state index is 12.7. The normalized spacial score (nSPS) is 11.3. The third kappa shape index (κ3) is 5.65. The molecule has 0 amide bonds. The van der Waals surface area contributed by atoms with Crippen LogP contribution >= 0.6 is 0 Å². The van der Waals surface area contributed by atoms with Gasteiger partial charge in [-0.1, -0.05) is 38.1 Å². The molecule has 0 saturated heterocycles. The van der Waals surface area contributed by atoms with Gasteiger partial charge in [-0.3, -0.25) is 0 Å². The Morgan fingerprint density at radius 1 is 0.897 bits per heavy atom. The second-order valence-electron chi connectivity index (χ2n) is 6.20. The average molecular weight is 419 g/mol. The number of benzene rings is 2. The number of carbonyl (C=O) groups is 2. The predicted octanol–water partition coefficient (Wildman–Crippen LogP) is 3.04. The van der Waals surface area contributed by atoms with Crippen molar-refractivity contribution in [3.05, 3.63) is 65.2 Å². The topological polar surface area (TPSA) is 90.0 Å².